The lowest BCUT2D eigenvalue weighted by Crippen LogP contribution is -2.52. The zero-order valence-corrected chi connectivity index (χ0v) is 22.5. The molecular weight excluding hydrogens is 497 g/mol. The van der Waals surface area contributed by atoms with Gasteiger partial charge < -0.3 is 20.5 Å². The van der Waals surface area contributed by atoms with Crippen molar-refractivity contribution in [3.8, 4) is 0 Å². The zero-order chi connectivity index (χ0) is 27.5. The number of imidazole rings is 1. The van der Waals surface area contributed by atoms with Gasteiger partial charge >= 0.3 is 0 Å². The van der Waals surface area contributed by atoms with Crippen molar-refractivity contribution in [3.05, 3.63) is 65.7 Å². The summed E-state index contributed by atoms with van der Waals surface area (Å²) < 4.78 is 14.2. The maximum absolute atomic E-state index is 14.2. The van der Waals surface area contributed by atoms with Crippen molar-refractivity contribution in [1.82, 2.24) is 25.5 Å². The average molecular weight is 534 g/mol. The topological polar surface area (TPSA) is 107 Å². The van der Waals surface area contributed by atoms with Crippen molar-refractivity contribution in [1.29, 1.82) is 0 Å². The number of benzene rings is 2. The lowest BCUT2D eigenvalue weighted by Gasteiger charge is -2.36. The van der Waals surface area contributed by atoms with Gasteiger partial charge in [-0.1, -0.05) is 43.3 Å². The number of nitrogens with zero attached hydrogens (tertiary/aromatic N) is 2. The first-order chi connectivity index (χ1) is 18.9. The van der Waals surface area contributed by atoms with Gasteiger partial charge in [-0.3, -0.25) is 14.4 Å². The van der Waals surface area contributed by atoms with E-state index in [2.05, 4.69) is 27.5 Å². The summed E-state index contributed by atoms with van der Waals surface area (Å²) in [7, 11) is 0. The second kappa shape index (κ2) is 11.6. The van der Waals surface area contributed by atoms with Crippen molar-refractivity contribution in [2.75, 3.05) is 6.54 Å². The van der Waals surface area contributed by atoms with E-state index >= 15 is 0 Å². The molecule has 1 aliphatic heterocycles. The Morgan fingerprint density at radius 3 is 2.64 bits per heavy atom. The minimum atomic E-state index is -1.02. The summed E-state index contributed by atoms with van der Waals surface area (Å²) in [5.41, 5.74) is 1.83. The lowest BCUT2D eigenvalue weighted by atomic mass is 9.98. The van der Waals surface area contributed by atoms with Crippen LogP contribution in [0.1, 0.15) is 75.7 Å². The second-order valence-corrected chi connectivity index (χ2v) is 10.8. The van der Waals surface area contributed by atoms with Crippen LogP contribution < -0.4 is 10.6 Å². The molecule has 3 aromatic rings. The molecule has 1 aliphatic carbocycles. The standard InChI is InChI=1S/C30H36FN5O3/c1-3-20-12-7-8-15-36(20)26(37)17-25(34-29(38)22-16-21(22)19-10-5-4-6-11-19)30(39)32-18(2)28-33-24-14-9-13-23(31)27(24)35-28/h4-6,9-11,13-14,18,20-22,25H,3,7-8,12,15-17H2,1-2H3,(H,32,39)(H,33,35)(H,34,38)/t18-,20-,21-,22-,25-/m0/s1. The molecule has 2 aromatic carbocycles. The first kappa shape index (κ1) is 26.8. The van der Waals surface area contributed by atoms with Crippen LogP contribution in [0.3, 0.4) is 0 Å². The van der Waals surface area contributed by atoms with E-state index in [0.29, 0.717) is 24.3 Å². The highest BCUT2D eigenvalue weighted by Crippen LogP contribution is 2.47. The number of H-pyrrole nitrogens is 1. The van der Waals surface area contributed by atoms with E-state index in [0.717, 1.165) is 31.2 Å². The van der Waals surface area contributed by atoms with Crippen LogP contribution in [-0.2, 0) is 14.4 Å². The summed E-state index contributed by atoms with van der Waals surface area (Å²) in [5, 5.41) is 5.76. The van der Waals surface area contributed by atoms with Crippen LogP contribution in [0.5, 0.6) is 0 Å². The van der Waals surface area contributed by atoms with Gasteiger partial charge in [0.05, 0.1) is 18.0 Å². The number of para-hydroxylation sites is 1. The quantitative estimate of drug-likeness (QED) is 0.380. The fraction of sp³-hybridized carbons (Fsp3) is 0.467. The molecular formula is C30H36FN5O3. The SMILES string of the molecule is CC[C@H]1CCCCN1C(=O)C[C@H](NC(=O)[C@H]1C[C@H]1c1ccccc1)C(=O)N[C@@H](C)c1nc2c(F)cccc2[nH]1. The number of carbonyl (C=O) groups excluding carboxylic acids is 3. The summed E-state index contributed by atoms with van der Waals surface area (Å²) in [6, 6.07) is 13.0. The summed E-state index contributed by atoms with van der Waals surface area (Å²) >= 11 is 0. The highest BCUT2D eigenvalue weighted by molar-refractivity contribution is 5.93. The van der Waals surface area contributed by atoms with Gasteiger partial charge in [0.2, 0.25) is 17.7 Å². The molecule has 1 aromatic heterocycles. The van der Waals surface area contributed by atoms with Gasteiger partial charge in [0.15, 0.2) is 5.82 Å². The first-order valence-corrected chi connectivity index (χ1v) is 13.9. The Morgan fingerprint density at radius 1 is 1.10 bits per heavy atom. The molecule has 9 heteroatoms. The fourth-order valence-electron chi connectivity index (χ4n) is 5.69. The average Bonchev–Trinajstić information content (AvgIpc) is 3.63. The number of likely N-dealkylation sites (tertiary alicyclic amines) is 1. The number of piperidine rings is 1. The van der Waals surface area contributed by atoms with E-state index in [1.165, 1.54) is 6.07 Å². The molecule has 0 bridgehead atoms. The third kappa shape index (κ3) is 5.97. The third-order valence-corrected chi connectivity index (χ3v) is 8.04. The summed E-state index contributed by atoms with van der Waals surface area (Å²) in [5.74, 6) is -0.987. The fourth-order valence-corrected chi connectivity index (χ4v) is 5.69. The molecule has 1 saturated heterocycles. The number of fused-ring (bicyclic) bond motifs is 1. The number of nitrogens with one attached hydrogen (secondary N) is 3. The number of aromatic nitrogens is 2. The van der Waals surface area contributed by atoms with Gasteiger partial charge in [0, 0.05) is 18.5 Å². The molecule has 2 heterocycles. The number of carbonyl (C=O) groups is 3. The molecule has 5 atom stereocenters. The summed E-state index contributed by atoms with van der Waals surface area (Å²) in [6.07, 6.45) is 4.43. The number of halogens is 1. The number of hydrogen-bond donors (Lipinski definition) is 3. The Kier molecular flexibility index (Phi) is 7.95. The van der Waals surface area contributed by atoms with Crippen LogP contribution in [0.2, 0.25) is 0 Å². The van der Waals surface area contributed by atoms with E-state index in [9.17, 15) is 18.8 Å². The molecule has 5 rings (SSSR count). The van der Waals surface area contributed by atoms with E-state index in [4.69, 9.17) is 0 Å². The van der Waals surface area contributed by atoms with Crippen LogP contribution in [0, 0.1) is 11.7 Å². The van der Waals surface area contributed by atoms with Crippen LogP contribution in [0.15, 0.2) is 48.5 Å². The van der Waals surface area contributed by atoms with Crippen molar-refractivity contribution in [2.24, 2.45) is 5.92 Å². The van der Waals surface area contributed by atoms with Gasteiger partial charge in [-0.25, -0.2) is 9.37 Å². The maximum atomic E-state index is 14.2. The van der Waals surface area contributed by atoms with Gasteiger partial charge in [0.25, 0.3) is 0 Å². The molecule has 2 aliphatic rings. The van der Waals surface area contributed by atoms with E-state index in [1.807, 2.05) is 35.2 Å². The predicted octanol–water partition coefficient (Wildman–Crippen LogP) is 4.35. The number of hydrogen-bond acceptors (Lipinski definition) is 4. The molecule has 8 nitrogen and oxygen atoms in total. The minimum absolute atomic E-state index is 0.113. The minimum Gasteiger partial charge on any atom is -0.345 e. The Bertz CT molecular complexity index is 1340. The zero-order valence-electron chi connectivity index (χ0n) is 22.5. The Morgan fingerprint density at radius 2 is 1.90 bits per heavy atom. The summed E-state index contributed by atoms with van der Waals surface area (Å²) in [4.78, 5) is 49.3. The van der Waals surface area contributed by atoms with Crippen LogP contribution in [0.25, 0.3) is 11.0 Å². The highest BCUT2D eigenvalue weighted by atomic mass is 19.1. The van der Waals surface area contributed by atoms with Crippen LogP contribution >= 0.6 is 0 Å². The van der Waals surface area contributed by atoms with E-state index in [-0.39, 0.29) is 41.6 Å². The van der Waals surface area contributed by atoms with Crippen molar-refractivity contribution < 1.29 is 18.8 Å². The number of amides is 3. The molecule has 0 spiro atoms. The molecule has 206 valence electrons. The lowest BCUT2D eigenvalue weighted by molar-refractivity contribution is -0.139. The summed E-state index contributed by atoms with van der Waals surface area (Å²) in [6.45, 7) is 4.47. The van der Waals surface area contributed by atoms with Crippen molar-refractivity contribution in [3.63, 3.8) is 0 Å². The predicted molar refractivity (Wildman–Crippen MR) is 146 cm³/mol. The molecule has 3 N–H and O–H groups in total. The molecule has 0 unspecified atom stereocenters. The smallest absolute Gasteiger partial charge is 0.243 e. The molecule has 3 amide bonds. The van der Waals surface area contributed by atoms with Crippen molar-refractivity contribution >= 4 is 28.8 Å². The van der Waals surface area contributed by atoms with Gasteiger partial charge in [-0.2, -0.15) is 0 Å². The highest BCUT2D eigenvalue weighted by Gasteiger charge is 2.45. The number of aromatic amines is 1. The monoisotopic (exact) mass is 533 g/mol. The molecule has 0 radical (unpaired) electrons. The Hall–Kier alpha value is -3.75. The number of rotatable bonds is 9. The molecule has 2 fully saturated rings. The third-order valence-electron chi connectivity index (χ3n) is 8.04. The van der Waals surface area contributed by atoms with E-state index in [1.54, 1.807) is 19.1 Å². The van der Waals surface area contributed by atoms with E-state index < -0.39 is 23.8 Å². The molecule has 1 saturated carbocycles. The normalized spacial score (nSPS) is 22.2. The maximum Gasteiger partial charge on any atom is 0.243 e. The van der Waals surface area contributed by atoms with Crippen molar-refractivity contribution in [2.45, 2.75) is 76.4 Å². The van der Waals surface area contributed by atoms with Gasteiger partial charge in [-0.05, 0) is 62.6 Å². The van der Waals surface area contributed by atoms with Crippen LogP contribution in [0.4, 0.5) is 4.39 Å². The second-order valence-electron chi connectivity index (χ2n) is 10.8. The van der Waals surface area contributed by atoms with Gasteiger partial charge in [-0.15, -0.1) is 0 Å². The Labute approximate surface area is 227 Å². The Balaban J connectivity index is 1.30. The van der Waals surface area contributed by atoms with Gasteiger partial charge in [0.1, 0.15) is 17.4 Å². The van der Waals surface area contributed by atoms with Crippen LogP contribution in [-0.4, -0.2) is 51.2 Å². The molecule has 39 heavy (non-hydrogen) atoms. The largest absolute Gasteiger partial charge is 0.345 e. The first-order valence-electron chi connectivity index (χ1n) is 13.9.